The molecule has 1 heterocycles. The maximum Gasteiger partial charge on any atom is 0.194 e. The summed E-state index contributed by atoms with van der Waals surface area (Å²) in [7, 11) is 0. The maximum absolute atomic E-state index is 12.1. The van der Waals surface area contributed by atoms with Gasteiger partial charge in [0.2, 0.25) is 0 Å². The minimum atomic E-state index is 0.0977. The van der Waals surface area contributed by atoms with Gasteiger partial charge in [0.25, 0.3) is 0 Å². The average molecular weight is 234 g/mol. The van der Waals surface area contributed by atoms with Crippen LogP contribution >= 0.6 is 0 Å². The standard InChI is InChI=1S/C14H22N2O/c1-8(14(2,3)4)16-12-10-6-5-9(7-10)11(12)13(17)15-16/h9-12H,5-7H2,1-4H3. The number of hydrogen-bond donors (Lipinski definition) is 0. The van der Waals surface area contributed by atoms with Gasteiger partial charge in [-0.1, -0.05) is 25.5 Å². The maximum atomic E-state index is 12.1. The molecule has 2 aliphatic carbocycles. The Balaban J connectivity index is 2.04. The first kappa shape index (κ1) is 11.2. The van der Waals surface area contributed by atoms with Gasteiger partial charge in [0, 0.05) is 24.2 Å². The van der Waals surface area contributed by atoms with Gasteiger partial charge < -0.3 is 5.11 Å². The molecule has 0 aromatic rings. The van der Waals surface area contributed by atoms with Gasteiger partial charge in [-0.05, 0) is 30.3 Å². The van der Waals surface area contributed by atoms with Gasteiger partial charge in [-0.2, -0.15) is 0 Å². The summed E-state index contributed by atoms with van der Waals surface area (Å²) in [6, 6.07) is 0.389. The molecule has 1 aliphatic heterocycles. The number of hydrazone groups is 1. The minimum Gasteiger partial charge on any atom is -0.857 e. The highest BCUT2D eigenvalue weighted by Crippen LogP contribution is 2.52. The molecule has 2 saturated carbocycles. The normalized spacial score (nSPS) is 42.7. The van der Waals surface area contributed by atoms with Crippen LogP contribution in [0.25, 0.3) is 0 Å². The first-order chi connectivity index (χ1) is 7.89. The summed E-state index contributed by atoms with van der Waals surface area (Å²) in [4.78, 5) is 0. The van der Waals surface area contributed by atoms with E-state index in [9.17, 15) is 5.11 Å². The molecule has 17 heavy (non-hydrogen) atoms. The Bertz CT molecular complexity index is 416. The molecule has 0 saturated heterocycles. The van der Waals surface area contributed by atoms with E-state index in [1.807, 2.05) is 0 Å². The van der Waals surface area contributed by atoms with E-state index in [1.165, 1.54) is 25.0 Å². The van der Waals surface area contributed by atoms with Crippen molar-refractivity contribution in [3.05, 3.63) is 0 Å². The van der Waals surface area contributed by atoms with Crippen molar-refractivity contribution in [1.82, 2.24) is 0 Å². The molecular formula is C14H22N2O. The predicted molar refractivity (Wildman–Crippen MR) is 65.9 cm³/mol. The summed E-state index contributed by atoms with van der Waals surface area (Å²) in [5, 5.41) is 16.4. The molecule has 2 bridgehead atoms. The van der Waals surface area contributed by atoms with Crippen LogP contribution in [0.4, 0.5) is 0 Å². The van der Waals surface area contributed by atoms with Crippen molar-refractivity contribution < 1.29 is 9.79 Å². The molecule has 3 heteroatoms. The second-order valence-corrected chi connectivity index (χ2v) is 6.97. The summed E-state index contributed by atoms with van der Waals surface area (Å²) in [6.07, 6.45) is 3.79. The van der Waals surface area contributed by atoms with Crippen molar-refractivity contribution in [2.45, 2.75) is 53.0 Å². The van der Waals surface area contributed by atoms with Gasteiger partial charge in [0.05, 0.1) is 5.92 Å². The second-order valence-electron chi connectivity index (χ2n) is 6.97. The molecule has 0 amide bonds. The third-order valence-electron chi connectivity index (χ3n) is 5.08. The molecule has 2 fully saturated rings. The third kappa shape index (κ3) is 1.47. The molecule has 3 rings (SSSR count). The van der Waals surface area contributed by atoms with E-state index < -0.39 is 0 Å². The van der Waals surface area contributed by atoms with E-state index in [0.717, 1.165) is 0 Å². The van der Waals surface area contributed by atoms with E-state index in [-0.39, 0.29) is 17.2 Å². The Labute approximate surface area is 103 Å². The molecule has 94 valence electrons. The number of rotatable bonds is 0. The Morgan fingerprint density at radius 3 is 2.59 bits per heavy atom. The molecule has 0 radical (unpaired) electrons. The topological polar surface area (TPSA) is 38.4 Å². The van der Waals surface area contributed by atoms with Crippen molar-refractivity contribution in [2.75, 3.05) is 0 Å². The summed E-state index contributed by atoms with van der Waals surface area (Å²) < 4.78 is 2.08. The van der Waals surface area contributed by atoms with Crippen LogP contribution in [0.2, 0.25) is 0 Å². The van der Waals surface area contributed by atoms with Gasteiger partial charge in [-0.15, -0.1) is 0 Å². The van der Waals surface area contributed by atoms with Crippen LogP contribution in [0.3, 0.4) is 0 Å². The van der Waals surface area contributed by atoms with E-state index in [0.29, 0.717) is 17.9 Å². The zero-order valence-electron chi connectivity index (χ0n) is 11.2. The highest BCUT2D eigenvalue weighted by Gasteiger charge is 2.58. The molecule has 0 aromatic heterocycles. The van der Waals surface area contributed by atoms with Crippen molar-refractivity contribution in [1.29, 1.82) is 0 Å². The molecule has 0 aromatic carbocycles. The molecule has 3 aliphatic rings. The first-order valence-corrected chi connectivity index (χ1v) is 6.78. The Hall–Kier alpha value is -0.860. The molecule has 0 N–H and O–H groups in total. The van der Waals surface area contributed by atoms with Gasteiger partial charge in [0.15, 0.2) is 11.8 Å². The van der Waals surface area contributed by atoms with Crippen molar-refractivity contribution >= 4 is 11.6 Å². The van der Waals surface area contributed by atoms with Crippen molar-refractivity contribution in [3.8, 4) is 0 Å². The SMILES string of the molecule is CC(=[N+]1N=C([O-])C2C3CCC(C3)C21)C(C)(C)C. The molecule has 4 atom stereocenters. The lowest BCUT2D eigenvalue weighted by atomic mass is 9.84. The average Bonchev–Trinajstić information content (AvgIpc) is 2.87. The summed E-state index contributed by atoms with van der Waals surface area (Å²) >= 11 is 0. The fourth-order valence-electron chi connectivity index (χ4n) is 3.84. The van der Waals surface area contributed by atoms with Gasteiger partial charge in [0.1, 0.15) is 0 Å². The van der Waals surface area contributed by atoms with Gasteiger partial charge in [-0.3, -0.25) is 0 Å². The summed E-state index contributed by atoms with van der Waals surface area (Å²) in [5.41, 5.74) is 1.34. The van der Waals surface area contributed by atoms with E-state index in [1.54, 1.807) is 0 Å². The van der Waals surface area contributed by atoms with Crippen LogP contribution in [0.5, 0.6) is 0 Å². The fraction of sp³-hybridized carbons (Fsp3) is 0.857. The van der Waals surface area contributed by atoms with Crippen LogP contribution in [-0.4, -0.2) is 22.3 Å². The highest BCUT2D eigenvalue weighted by atomic mass is 16.3. The Kier molecular flexibility index (Phi) is 2.20. The fourth-order valence-corrected chi connectivity index (χ4v) is 3.84. The third-order valence-corrected chi connectivity index (χ3v) is 5.08. The van der Waals surface area contributed by atoms with E-state index in [2.05, 4.69) is 37.5 Å². The quantitative estimate of drug-likeness (QED) is 0.587. The lowest BCUT2D eigenvalue weighted by molar-refractivity contribution is -0.576. The largest absolute Gasteiger partial charge is 0.857 e. The van der Waals surface area contributed by atoms with Crippen LogP contribution in [0, 0.1) is 23.2 Å². The van der Waals surface area contributed by atoms with Gasteiger partial charge >= 0.3 is 0 Å². The van der Waals surface area contributed by atoms with Crippen LogP contribution in [0.1, 0.15) is 47.0 Å². The monoisotopic (exact) mass is 234 g/mol. The lowest BCUT2D eigenvalue weighted by Gasteiger charge is -2.24. The summed E-state index contributed by atoms with van der Waals surface area (Å²) in [6.45, 7) is 8.72. The van der Waals surface area contributed by atoms with E-state index in [4.69, 9.17) is 0 Å². The molecule has 3 nitrogen and oxygen atoms in total. The smallest absolute Gasteiger partial charge is 0.194 e. The Morgan fingerprint density at radius 2 is 1.94 bits per heavy atom. The lowest BCUT2D eigenvalue weighted by Crippen LogP contribution is -2.40. The van der Waals surface area contributed by atoms with Crippen LogP contribution in [-0.2, 0) is 0 Å². The highest BCUT2D eigenvalue weighted by molar-refractivity contribution is 5.84. The van der Waals surface area contributed by atoms with Gasteiger partial charge in [-0.25, -0.2) is 0 Å². The van der Waals surface area contributed by atoms with Crippen molar-refractivity contribution in [2.24, 2.45) is 28.3 Å². The molecule has 4 unspecified atom stereocenters. The van der Waals surface area contributed by atoms with Crippen LogP contribution in [0.15, 0.2) is 5.10 Å². The summed E-state index contributed by atoms with van der Waals surface area (Å²) in [5.74, 6) is 1.69. The second kappa shape index (κ2) is 3.33. The van der Waals surface area contributed by atoms with Crippen LogP contribution < -0.4 is 5.11 Å². The zero-order chi connectivity index (χ0) is 12.4. The first-order valence-electron chi connectivity index (χ1n) is 6.78. The predicted octanol–water partition coefficient (Wildman–Crippen LogP) is 1.61. The Morgan fingerprint density at radius 1 is 1.29 bits per heavy atom. The number of nitrogens with zero attached hydrogens (tertiary/aromatic N) is 2. The van der Waals surface area contributed by atoms with E-state index >= 15 is 0 Å². The van der Waals surface area contributed by atoms with Crippen molar-refractivity contribution in [3.63, 3.8) is 0 Å². The number of hydrogen-bond acceptors (Lipinski definition) is 2. The zero-order valence-corrected chi connectivity index (χ0v) is 11.2. The molecular weight excluding hydrogens is 212 g/mol. The minimum absolute atomic E-state index is 0.0977. The number of fused-ring (bicyclic) bond motifs is 5. The molecule has 0 spiro atoms.